The first-order valence-corrected chi connectivity index (χ1v) is 5.67. The predicted molar refractivity (Wildman–Crippen MR) is 65.7 cm³/mol. The highest BCUT2D eigenvalue weighted by Gasteiger charge is 2.10. The summed E-state index contributed by atoms with van der Waals surface area (Å²) < 4.78 is 23.2. The van der Waals surface area contributed by atoms with Crippen LogP contribution in [0.2, 0.25) is 0 Å². The standard InChI is InChI=1S/C13H10FN3O2/c14-9-3-1-4-10(7-9)15-8-12-16-13(17-19-12)11-5-2-6-18-11/h1-7,15H,8H2. The molecule has 3 rings (SSSR count). The summed E-state index contributed by atoms with van der Waals surface area (Å²) in [7, 11) is 0. The zero-order chi connectivity index (χ0) is 13.1. The molecular formula is C13H10FN3O2. The Labute approximate surface area is 108 Å². The van der Waals surface area contributed by atoms with Crippen molar-refractivity contribution in [3.05, 3.63) is 54.4 Å². The first-order chi connectivity index (χ1) is 9.31. The number of hydrogen-bond acceptors (Lipinski definition) is 5. The maximum Gasteiger partial charge on any atom is 0.246 e. The second-order valence-corrected chi connectivity index (χ2v) is 3.85. The van der Waals surface area contributed by atoms with Crippen LogP contribution in [0.25, 0.3) is 11.6 Å². The van der Waals surface area contributed by atoms with Crippen LogP contribution in [-0.2, 0) is 6.54 Å². The molecule has 0 aliphatic heterocycles. The Balaban J connectivity index is 1.68. The summed E-state index contributed by atoms with van der Waals surface area (Å²) in [5.41, 5.74) is 0.651. The minimum atomic E-state index is -0.299. The number of halogens is 1. The van der Waals surface area contributed by atoms with E-state index >= 15 is 0 Å². The molecule has 0 unspecified atom stereocenters. The van der Waals surface area contributed by atoms with E-state index in [9.17, 15) is 4.39 Å². The van der Waals surface area contributed by atoms with Gasteiger partial charge in [0.1, 0.15) is 5.82 Å². The number of nitrogens with one attached hydrogen (secondary N) is 1. The molecule has 3 aromatic rings. The van der Waals surface area contributed by atoms with Gasteiger partial charge in [-0.15, -0.1) is 0 Å². The normalized spacial score (nSPS) is 10.6. The number of furan rings is 1. The van der Waals surface area contributed by atoms with Gasteiger partial charge in [-0.2, -0.15) is 4.98 Å². The third-order valence-electron chi connectivity index (χ3n) is 2.48. The van der Waals surface area contributed by atoms with E-state index in [0.717, 1.165) is 0 Å². The van der Waals surface area contributed by atoms with Crippen molar-refractivity contribution in [2.45, 2.75) is 6.54 Å². The van der Waals surface area contributed by atoms with Crippen molar-refractivity contribution < 1.29 is 13.3 Å². The van der Waals surface area contributed by atoms with Crippen LogP contribution in [0, 0.1) is 5.82 Å². The van der Waals surface area contributed by atoms with Crippen LogP contribution in [0.3, 0.4) is 0 Å². The molecule has 19 heavy (non-hydrogen) atoms. The van der Waals surface area contributed by atoms with E-state index in [1.165, 1.54) is 18.4 Å². The quantitative estimate of drug-likeness (QED) is 0.780. The van der Waals surface area contributed by atoms with Gasteiger partial charge in [0.15, 0.2) is 5.76 Å². The number of rotatable bonds is 4. The van der Waals surface area contributed by atoms with Crippen molar-refractivity contribution in [2.24, 2.45) is 0 Å². The summed E-state index contributed by atoms with van der Waals surface area (Å²) in [6, 6.07) is 9.65. The molecule has 1 N–H and O–H groups in total. The minimum Gasteiger partial charge on any atom is -0.461 e. The molecule has 2 aromatic heterocycles. The van der Waals surface area contributed by atoms with Gasteiger partial charge >= 0.3 is 0 Å². The van der Waals surface area contributed by atoms with E-state index in [4.69, 9.17) is 8.94 Å². The van der Waals surface area contributed by atoms with E-state index in [0.29, 0.717) is 29.7 Å². The lowest BCUT2D eigenvalue weighted by Gasteiger charge is -2.02. The second kappa shape index (κ2) is 4.93. The highest BCUT2D eigenvalue weighted by Crippen LogP contribution is 2.16. The molecule has 2 heterocycles. The van der Waals surface area contributed by atoms with Gasteiger partial charge in [-0.05, 0) is 30.3 Å². The molecule has 0 fully saturated rings. The van der Waals surface area contributed by atoms with Crippen LogP contribution in [0.15, 0.2) is 51.6 Å². The molecule has 0 amide bonds. The van der Waals surface area contributed by atoms with Gasteiger partial charge in [-0.25, -0.2) is 4.39 Å². The van der Waals surface area contributed by atoms with Gasteiger partial charge in [0.05, 0.1) is 12.8 Å². The van der Waals surface area contributed by atoms with Crippen LogP contribution in [-0.4, -0.2) is 10.1 Å². The number of nitrogens with zero attached hydrogens (tertiary/aromatic N) is 2. The van der Waals surface area contributed by atoms with Crippen molar-refractivity contribution in [3.8, 4) is 11.6 Å². The Morgan fingerprint density at radius 2 is 2.16 bits per heavy atom. The fourth-order valence-corrected chi connectivity index (χ4v) is 1.61. The average Bonchev–Trinajstić information content (AvgIpc) is 3.07. The van der Waals surface area contributed by atoms with E-state index < -0.39 is 0 Å². The van der Waals surface area contributed by atoms with Gasteiger partial charge in [-0.1, -0.05) is 11.2 Å². The van der Waals surface area contributed by atoms with Crippen molar-refractivity contribution in [3.63, 3.8) is 0 Å². The summed E-state index contributed by atoms with van der Waals surface area (Å²) in [6.07, 6.45) is 1.54. The zero-order valence-corrected chi connectivity index (χ0v) is 9.84. The van der Waals surface area contributed by atoms with E-state index in [-0.39, 0.29) is 5.82 Å². The predicted octanol–water partition coefficient (Wildman–Crippen LogP) is 3.08. The summed E-state index contributed by atoms with van der Waals surface area (Å²) >= 11 is 0. The molecule has 0 radical (unpaired) electrons. The lowest BCUT2D eigenvalue weighted by atomic mass is 10.3. The Morgan fingerprint density at radius 1 is 1.21 bits per heavy atom. The Morgan fingerprint density at radius 3 is 2.95 bits per heavy atom. The van der Waals surface area contributed by atoms with Gasteiger partial charge in [0.25, 0.3) is 0 Å². The molecule has 0 saturated heterocycles. The molecule has 1 aromatic carbocycles. The number of hydrogen-bond donors (Lipinski definition) is 1. The molecule has 0 atom stereocenters. The van der Waals surface area contributed by atoms with Gasteiger partial charge in [0.2, 0.25) is 11.7 Å². The Bertz CT molecular complexity index is 664. The topological polar surface area (TPSA) is 64.1 Å². The third-order valence-corrected chi connectivity index (χ3v) is 2.48. The largest absolute Gasteiger partial charge is 0.461 e. The fourth-order valence-electron chi connectivity index (χ4n) is 1.61. The summed E-state index contributed by atoms with van der Waals surface area (Å²) in [4.78, 5) is 4.16. The highest BCUT2D eigenvalue weighted by molar-refractivity contribution is 5.45. The third kappa shape index (κ3) is 2.62. The Kier molecular flexibility index (Phi) is 2.97. The molecule has 0 saturated carbocycles. The van der Waals surface area contributed by atoms with Crippen molar-refractivity contribution >= 4 is 5.69 Å². The first kappa shape index (κ1) is 11.5. The van der Waals surface area contributed by atoms with Crippen molar-refractivity contribution in [1.82, 2.24) is 10.1 Å². The van der Waals surface area contributed by atoms with E-state index in [2.05, 4.69) is 15.5 Å². The number of anilines is 1. The highest BCUT2D eigenvalue weighted by atomic mass is 19.1. The average molecular weight is 259 g/mol. The van der Waals surface area contributed by atoms with E-state index in [1.807, 2.05) is 0 Å². The van der Waals surface area contributed by atoms with Crippen molar-refractivity contribution in [2.75, 3.05) is 5.32 Å². The molecule has 6 heteroatoms. The second-order valence-electron chi connectivity index (χ2n) is 3.85. The van der Waals surface area contributed by atoms with Crippen LogP contribution < -0.4 is 5.32 Å². The Hall–Kier alpha value is -2.63. The van der Waals surface area contributed by atoms with Crippen LogP contribution in [0.1, 0.15) is 5.89 Å². The van der Waals surface area contributed by atoms with Crippen LogP contribution in [0.5, 0.6) is 0 Å². The first-order valence-electron chi connectivity index (χ1n) is 5.67. The minimum absolute atomic E-state index is 0.299. The zero-order valence-electron chi connectivity index (χ0n) is 9.84. The summed E-state index contributed by atoms with van der Waals surface area (Å²) in [5.74, 6) is 1.03. The lowest BCUT2D eigenvalue weighted by Crippen LogP contribution is -1.99. The van der Waals surface area contributed by atoms with Crippen LogP contribution in [0.4, 0.5) is 10.1 Å². The maximum absolute atomic E-state index is 13.0. The SMILES string of the molecule is Fc1cccc(NCc2nc(-c3ccco3)no2)c1. The summed E-state index contributed by atoms with van der Waals surface area (Å²) in [6.45, 7) is 0.317. The smallest absolute Gasteiger partial charge is 0.246 e. The molecule has 96 valence electrons. The van der Waals surface area contributed by atoms with Gasteiger partial charge < -0.3 is 14.3 Å². The molecule has 0 aliphatic carbocycles. The molecular weight excluding hydrogens is 249 g/mol. The fraction of sp³-hybridized carbons (Fsp3) is 0.0769. The molecule has 0 spiro atoms. The van der Waals surface area contributed by atoms with Gasteiger partial charge in [0, 0.05) is 5.69 Å². The molecule has 0 bridgehead atoms. The van der Waals surface area contributed by atoms with E-state index in [1.54, 1.807) is 24.3 Å². The lowest BCUT2D eigenvalue weighted by molar-refractivity contribution is 0.382. The molecule has 0 aliphatic rings. The number of aromatic nitrogens is 2. The monoisotopic (exact) mass is 259 g/mol. The maximum atomic E-state index is 13.0. The number of benzene rings is 1. The van der Waals surface area contributed by atoms with Crippen molar-refractivity contribution in [1.29, 1.82) is 0 Å². The van der Waals surface area contributed by atoms with Gasteiger partial charge in [-0.3, -0.25) is 0 Å². The van der Waals surface area contributed by atoms with Crippen LogP contribution >= 0.6 is 0 Å². The molecule has 5 nitrogen and oxygen atoms in total. The summed E-state index contributed by atoms with van der Waals surface area (Å²) in [5, 5.41) is 6.79.